The zero-order valence-electron chi connectivity index (χ0n) is 21.6. The first-order valence-electron chi connectivity index (χ1n) is 13.4. The number of rotatable bonds is 4. The van der Waals surface area contributed by atoms with Crippen molar-refractivity contribution in [2.75, 3.05) is 4.90 Å². The van der Waals surface area contributed by atoms with Crippen LogP contribution in [0.25, 0.3) is 53.5 Å². The number of benzene rings is 7. The van der Waals surface area contributed by atoms with Crippen LogP contribution in [0, 0.1) is 6.92 Å². The van der Waals surface area contributed by atoms with Crippen LogP contribution in [0.4, 0.5) is 17.1 Å². The molecule has 184 valence electrons. The summed E-state index contributed by atoms with van der Waals surface area (Å²) < 4.78 is 0. The van der Waals surface area contributed by atoms with Crippen molar-refractivity contribution in [2.24, 2.45) is 0 Å². The predicted molar refractivity (Wildman–Crippen MR) is 170 cm³/mol. The lowest BCUT2D eigenvalue weighted by Gasteiger charge is -2.28. The molecule has 39 heavy (non-hydrogen) atoms. The number of hydrogen-bond acceptors (Lipinski definition) is 2. The maximum atomic E-state index is 2.40. The van der Waals surface area contributed by atoms with E-state index in [0.29, 0.717) is 0 Å². The summed E-state index contributed by atoms with van der Waals surface area (Å²) in [7, 11) is 0. The Balaban J connectivity index is 1.40. The van der Waals surface area contributed by atoms with Crippen molar-refractivity contribution >= 4 is 71.5 Å². The van der Waals surface area contributed by atoms with E-state index in [4.69, 9.17) is 0 Å². The van der Waals surface area contributed by atoms with Gasteiger partial charge in [-0.25, -0.2) is 0 Å². The molecular formula is C37H25NS. The Morgan fingerprint density at radius 2 is 1.08 bits per heavy atom. The molecule has 2 heteroatoms. The molecule has 1 nitrogen and oxygen atoms in total. The van der Waals surface area contributed by atoms with Gasteiger partial charge in [-0.05, 0) is 92.7 Å². The van der Waals surface area contributed by atoms with E-state index in [2.05, 4.69) is 145 Å². The number of hydrogen-bond donors (Lipinski definition) is 0. The molecule has 1 aromatic heterocycles. The third-order valence-electron chi connectivity index (χ3n) is 7.91. The zero-order valence-corrected chi connectivity index (χ0v) is 22.4. The lowest BCUT2D eigenvalue weighted by molar-refractivity contribution is 1.30. The lowest BCUT2D eigenvalue weighted by atomic mass is 9.89. The second-order valence-corrected chi connectivity index (χ2v) is 11.5. The number of para-hydroxylation sites is 1. The van der Waals surface area contributed by atoms with Gasteiger partial charge in [0.2, 0.25) is 0 Å². The molecule has 0 aliphatic heterocycles. The van der Waals surface area contributed by atoms with Gasteiger partial charge in [0.1, 0.15) is 0 Å². The molecule has 8 aromatic rings. The highest BCUT2D eigenvalue weighted by molar-refractivity contribution is 7.15. The van der Waals surface area contributed by atoms with E-state index >= 15 is 0 Å². The smallest absolute Gasteiger partial charge is 0.0540 e. The van der Waals surface area contributed by atoms with E-state index in [9.17, 15) is 0 Å². The van der Waals surface area contributed by atoms with Crippen LogP contribution in [0.15, 0.2) is 133 Å². The predicted octanol–water partition coefficient (Wildman–Crippen LogP) is 11.2. The topological polar surface area (TPSA) is 3.24 Å². The van der Waals surface area contributed by atoms with Gasteiger partial charge in [-0.2, -0.15) is 0 Å². The number of nitrogens with zero attached hydrogens (tertiary/aromatic N) is 1. The summed E-state index contributed by atoms with van der Waals surface area (Å²) in [6, 6.07) is 48.9. The molecule has 0 aliphatic carbocycles. The van der Waals surface area contributed by atoms with E-state index in [1.807, 2.05) is 11.3 Å². The molecule has 0 radical (unpaired) electrons. The van der Waals surface area contributed by atoms with Crippen LogP contribution < -0.4 is 4.90 Å². The minimum absolute atomic E-state index is 1.15. The van der Waals surface area contributed by atoms with Gasteiger partial charge in [-0.3, -0.25) is 0 Å². The van der Waals surface area contributed by atoms with Crippen molar-refractivity contribution in [3.05, 3.63) is 138 Å². The van der Waals surface area contributed by atoms with E-state index in [1.165, 1.54) is 64.1 Å². The molecule has 0 saturated heterocycles. The molecule has 0 aliphatic rings. The first kappa shape index (κ1) is 22.3. The van der Waals surface area contributed by atoms with Crippen LogP contribution in [-0.2, 0) is 0 Å². The van der Waals surface area contributed by atoms with Crippen LogP contribution in [0.5, 0.6) is 0 Å². The Bertz CT molecular complexity index is 2070. The number of thiophene rings is 1. The van der Waals surface area contributed by atoms with Crippen LogP contribution in [-0.4, -0.2) is 0 Å². The maximum absolute atomic E-state index is 2.40. The minimum atomic E-state index is 1.15. The number of aryl methyl sites for hydroxylation is 1. The van der Waals surface area contributed by atoms with E-state index in [1.54, 1.807) is 0 Å². The normalized spacial score (nSPS) is 11.7. The Morgan fingerprint density at radius 3 is 1.77 bits per heavy atom. The summed E-state index contributed by atoms with van der Waals surface area (Å²) >= 11 is 1.84. The summed E-state index contributed by atoms with van der Waals surface area (Å²) in [5.74, 6) is 0. The molecule has 7 aromatic carbocycles. The van der Waals surface area contributed by atoms with Gasteiger partial charge in [-0.15, -0.1) is 11.3 Å². The molecule has 0 fully saturated rings. The summed E-state index contributed by atoms with van der Waals surface area (Å²) in [6.45, 7) is 2.16. The third-order valence-corrected chi connectivity index (χ3v) is 8.96. The highest BCUT2D eigenvalue weighted by Gasteiger charge is 2.19. The Kier molecular flexibility index (Phi) is 4.98. The second-order valence-electron chi connectivity index (χ2n) is 10.2. The van der Waals surface area contributed by atoms with Crippen LogP contribution in [0.3, 0.4) is 0 Å². The number of anilines is 3. The van der Waals surface area contributed by atoms with Gasteiger partial charge >= 0.3 is 0 Å². The number of fused-ring (bicyclic) bond motifs is 2. The maximum Gasteiger partial charge on any atom is 0.0540 e. The standard InChI is InChI=1S/C37H25NS/c1-24-16-23-35(39-24)25-17-19-28(20-18-25)38(27-10-3-2-4-11-27)34-22-21-32-30-13-6-9-26-8-5-12-29(36(26)30)31-14-7-15-33(34)37(31)32/h2-23H,1H3. The monoisotopic (exact) mass is 515 g/mol. The van der Waals surface area contributed by atoms with Gasteiger partial charge in [0.25, 0.3) is 0 Å². The molecule has 0 saturated carbocycles. The second kappa shape index (κ2) is 8.69. The van der Waals surface area contributed by atoms with E-state index < -0.39 is 0 Å². The van der Waals surface area contributed by atoms with Crippen LogP contribution in [0.1, 0.15) is 4.88 Å². The summed E-state index contributed by atoms with van der Waals surface area (Å²) in [6.07, 6.45) is 0. The Hall–Kier alpha value is -4.66. The highest BCUT2D eigenvalue weighted by Crippen LogP contribution is 2.46. The molecule has 0 spiro atoms. The molecule has 0 unspecified atom stereocenters. The first-order chi connectivity index (χ1) is 19.3. The van der Waals surface area contributed by atoms with Crippen molar-refractivity contribution < 1.29 is 0 Å². The van der Waals surface area contributed by atoms with Gasteiger partial charge < -0.3 is 4.90 Å². The highest BCUT2D eigenvalue weighted by atomic mass is 32.1. The van der Waals surface area contributed by atoms with Crippen molar-refractivity contribution in [3.8, 4) is 10.4 Å². The average Bonchev–Trinajstić information content (AvgIpc) is 3.43. The Labute approximate surface area is 231 Å². The molecule has 0 bridgehead atoms. The zero-order chi connectivity index (χ0) is 25.9. The van der Waals surface area contributed by atoms with Crippen molar-refractivity contribution in [2.45, 2.75) is 6.92 Å². The Morgan fingerprint density at radius 1 is 0.462 bits per heavy atom. The fourth-order valence-electron chi connectivity index (χ4n) is 6.19. The van der Waals surface area contributed by atoms with Gasteiger partial charge in [0, 0.05) is 26.5 Å². The van der Waals surface area contributed by atoms with Crippen molar-refractivity contribution in [3.63, 3.8) is 0 Å². The van der Waals surface area contributed by atoms with Gasteiger partial charge in [-0.1, -0.05) is 91.0 Å². The quantitative estimate of drug-likeness (QED) is 0.166. The van der Waals surface area contributed by atoms with E-state index in [0.717, 1.165) is 11.4 Å². The van der Waals surface area contributed by atoms with Crippen LogP contribution >= 0.6 is 11.3 Å². The fourth-order valence-corrected chi connectivity index (χ4v) is 7.07. The SMILES string of the molecule is Cc1ccc(-c2ccc(N(c3ccccc3)c3ccc4c5cccc6cccc(c7cccc3c74)c65)cc2)s1. The first-order valence-corrected chi connectivity index (χ1v) is 14.2. The molecular weight excluding hydrogens is 490 g/mol. The third kappa shape index (κ3) is 3.46. The largest absolute Gasteiger partial charge is 0.310 e. The summed E-state index contributed by atoms with van der Waals surface area (Å²) in [4.78, 5) is 5.04. The molecule has 0 N–H and O–H groups in total. The van der Waals surface area contributed by atoms with E-state index in [-0.39, 0.29) is 0 Å². The molecule has 0 atom stereocenters. The van der Waals surface area contributed by atoms with Crippen molar-refractivity contribution in [1.82, 2.24) is 0 Å². The van der Waals surface area contributed by atoms with Gasteiger partial charge in [0.15, 0.2) is 0 Å². The molecule has 0 amide bonds. The lowest BCUT2D eigenvalue weighted by Crippen LogP contribution is -2.10. The summed E-state index contributed by atoms with van der Waals surface area (Å²) in [5, 5.41) is 10.5. The van der Waals surface area contributed by atoms with Crippen LogP contribution in [0.2, 0.25) is 0 Å². The van der Waals surface area contributed by atoms with Gasteiger partial charge in [0.05, 0.1) is 5.69 Å². The van der Waals surface area contributed by atoms with Crippen molar-refractivity contribution in [1.29, 1.82) is 0 Å². The molecule has 1 heterocycles. The summed E-state index contributed by atoms with van der Waals surface area (Å²) in [5.41, 5.74) is 4.74. The molecule has 8 rings (SSSR count). The minimum Gasteiger partial charge on any atom is -0.310 e. The average molecular weight is 516 g/mol. The fraction of sp³-hybridized carbons (Fsp3) is 0.0270.